The fourth-order valence-electron chi connectivity index (χ4n) is 4.49. The highest BCUT2D eigenvalue weighted by atomic mass is 32.2. The van der Waals surface area contributed by atoms with E-state index in [1.165, 1.54) is 6.26 Å². The lowest BCUT2D eigenvalue weighted by Gasteiger charge is -2.43. The van der Waals surface area contributed by atoms with E-state index < -0.39 is 10.0 Å². The molecule has 2 aliphatic rings. The first-order valence-electron chi connectivity index (χ1n) is 10.7. The average Bonchev–Trinajstić information content (AvgIpc) is 3.03. The van der Waals surface area contributed by atoms with Crippen molar-refractivity contribution in [3.63, 3.8) is 0 Å². The zero-order valence-electron chi connectivity index (χ0n) is 18.2. The number of piperidine rings is 1. The second kappa shape index (κ2) is 10.2. The number of carbonyl (C=O) groups excluding carboxylic acids is 1. The molecular weight excluding hydrogens is 408 g/mol. The van der Waals surface area contributed by atoms with Crippen LogP contribution in [0.15, 0.2) is 4.52 Å². The highest BCUT2D eigenvalue weighted by Crippen LogP contribution is 2.24. The number of aromatic nitrogens is 1. The molecule has 1 N–H and O–H groups in total. The van der Waals surface area contributed by atoms with Crippen LogP contribution < -0.4 is 5.32 Å². The molecule has 0 saturated carbocycles. The highest BCUT2D eigenvalue weighted by molar-refractivity contribution is 7.88. The Bertz CT molecular complexity index is 792. The summed E-state index contributed by atoms with van der Waals surface area (Å²) in [6.45, 7) is 7.59. The fraction of sp³-hybridized carbons (Fsp3) is 0.800. The largest absolute Gasteiger partial charge is 0.381 e. The van der Waals surface area contributed by atoms with Crippen molar-refractivity contribution >= 4 is 15.9 Å². The molecule has 0 atom stereocenters. The molecule has 0 spiro atoms. The van der Waals surface area contributed by atoms with E-state index in [0.717, 1.165) is 56.7 Å². The lowest BCUT2D eigenvalue weighted by atomic mass is 9.98. The monoisotopic (exact) mass is 442 g/mol. The van der Waals surface area contributed by atoms with Crippen molar-refractivity contribution in [2.45, 2.75) is 58.0 Å². The van der Waals surface area contributed by atoms with Crippen LogP contribution in [0.1, 0.15) is 42.7 Å². The normalized spacial score (nSPS) is 20.0. The summed E-state index contributed by atoms with van der Waals surface area (Å²) in [4.78, 5) is 14.9. The Labute approximate surface area is 179 Å². The van der Waals surface area contributed by atoms with Crippen molar-refractivity contribution in [3.8, 4) is 0 Å². The van der Waals surface area contributed by atoms with Crippen LogP contribution in [0.5, 0.6) is 0 Å². The number of sulfonamides is 1. The predicted octanol–water partition coefficient (Wildman–Crippen LogP) is 0.855. The molecule has 1 amide bonds. The Morgan fingerprint density at radius 1 is 1.17 bits per heavy atom. The molecule has 2 aliphatic heterocycles. The van der Waals surface area contributed by atoms with E-state index in [0.29, 0.717) is 37.5 Å². The molecule has 0 bridgehead atoms. The third-order valence-corrected chi connectivity index (χ3v) is 7.54. The molecule has 2 saturated heterocycles. The lowest BCUT2D eigenvalue weighted by Crippen LogP contribution is -2.53. The number of amides is 1. The van der Waals surface area contributed by atoms with Crippen LogP contribution in [0, 0.1) is 13.8 Å². The van der Waals surface area contributed by atoms with Crippen LogP contribution in [-0.2, 0) is 26.0 Å². The minimum Gasteiger partial charge on any atom is -0.381 e. The maximum Gasteiger partial charge on any atom is 0.224 e. The second-order valence-corrected chi connectivity index (χ2v) is 10.3. The molecule has 10 heteroatoms. The van der Waals surface area contributed by atoms with Crippen LogP contribution in [-0.4, -0.2) is 86.4 Å². The van der Waals surface area contributed by atoms with E-state index in [-0.39, 0.29) is 12.3 Å². The third kappa shape index (κ3) is 6.03. The van der Waals surface area contributed by atoms with Gasteiger partial charge in [0.25, 0.3) is 0 Å². The smallest absolute Gasteiger partial charge is 0.224 e. The molecule has 0 aliphatic carbocycles. The number of hydrogen-bond acceptors (Lipinski definition) is 7. The SMILES string of the molecule is Cc1noc(C)c1CC(=O)NCCN(C1CCOCC1)C1CCN(S(C)(=O)=O)CC1. The van der Waals surface area contributed by atoms with E-state index in [4.69, 9.17) is 9.26 Å². The molecule has 1 aromatic heterocycles. The number of ether oxygens (including phenoxy) is 1. The van der Waals surface area contributed by atoms with Gasteiger partial charge in [0.2, 0.25) is 15.9 Å². The van der Waals surface area contributed by atoms with Gasteiger partial charge in [-0.3, -0.25) is 9.69 Å². The number of carbonyl (C=O) groups is 1. The maximum atomic E-state index is 12.4. The number of nitrogens with one attached hydrogen (secondary N) is 1. The summed E-state index contributed by atoms with van der Waals surface area (Å²) >= 11 is 0. The first kappa shape index (κ1) is 23.2. The Kier molecular flexibility index (Phi) is 7.89. The van der Waals surface area contributed by atoms with E-state index >= 15 is 0 Å². The van der Waals surface area contributed by atoms with Gasteiger partial charge in [0.05, 0.1) is 18.4 Å². The Morgan fingerprint density at radius 3 is 2.37 bits per heavy atom. The molecule has 1 aromatic rings. The summed E-state index contributed by atoms with van der Waals surface area (Å²) < 4.78 is 35.9. The third-order valence-electron chi connectivity index (χ3n) is 6.23. The van der Waals surface area contributed by atoms with Crippen LogP contribution >= 0.6 is 0 Å². The van der Waals surface area contributed by atoms with Crippen molar-refractivity contribution in [2.75, 3.05) is 45.6 Å². The molecule has 9 nitrogen and oxygen atoms in total. The second-order valence-electron chi connectivity index (χ2n) is 8.30. The molecule has 0 radical (unpaired) electrons. The van der Waals surface area contributed by atoms with Crippen LogP contribution in [0.3, 0.4) is 0 Å². The van der Waals surface area contributed by atoms with Gasteiger partial charge < -0.3 is 14.6 Å². The topological polar surface area (TPSA) is 105 Å². The molecule has 2 fully saturated rings. The van der Waals surface area contributed by atoms with Gasteiger partial charge in [0.15, 0.2) is 0 Å². The molecule has 30 heavy (non-hydrogen) atoms. The average molecular weight is 443 g/mol. The van der Waals surface area contributed by atoms with Crippen molar-refractivity contribution in [2.24, 2.45) is 0 Å². The summed E-state index contributed by atoms with van der Waals surface area (Å²) in [7, 11) is -3.14. The first-order chi connectivity index (χ1) is 14.3. The summed E-state index contributed by atoms with van der Waals surface area (Å²) in [6.07, 6.45) is 5.12. The van der Waals surface area contributed by atoms with Crippen molar-refractivity contribution < 1.29 is 22.5 Å². The van der Waals surface area contributed by atoms with Gasteiger partial charge in [-0.15, -0.1) is 0 Å². The summed E-state index contributed by atoms with van der Waals surface area (Å²) in [6, 6.07) is 0.735. The molecule has 0 unspecified atom stereocenters. The Hall–Kier alpha value is -1.49. The standard InChI is InChI=1S/C20H34N4O5S/c1-15-19(16(2)29-22-15)14-20(25)21-8-11-24(18-6-12-28-13-7-18)17-4-9-23(10-5-17)30(3,26)27/h17-18H,4-14H2,1-3H3,(H,21,25). The minimum absolute atomic E-state index is 0.0387. The molecule has 170 valence electrons. The molecule has 3 heterocycles. The van der Waals surface area contributed by atoms with Gasteiger partial charge in [-0.1, -0.05) is 5.16 Å². The number of aryl methyl sites for hydroxylation is 2. The zero-order valence-corrected chi connectivity index (χ0v) is 19.0. The van der Waals surface area contributed by atoms with Crippen LogP contribution in [0.2, 0.25) is 0 Å². The first-order valence-corrected chi connectivity index (χ1v) is 12.6. The molecule has 3 rings (SSSR count). The van der Waals surface area contributed by atoms with Crippen molar-refractivity contribution in [3.05, 3.63) is 17.0 Å². The van der Waals surface area contributed by atoms with Gasteiger partial charge >= 0.3 is 0 Å². The Balaban J connectivity index is 1.55. The maximum absolute atomic E-state index is 12.4. The quantitative estimate of drug-likeness (QED) is 0.636. The van der Waals surface area contributed by atoms with E-state index in [9.17, 15) is 13.2 Å². The van der Waals surface area contributed by atoms with Crippen molar-refractivity contribution in [1.29, 1.82) is 0 Å². The summed E-state index contributed by atoms with van der Waals surface area (Å²) in [5.41, 5.74) is 1.60. The van der Waals surface area contributed by atoms with Crippen LogP contribution in [0.25, 0.3) is 0 Å². The van der Waals surface area contributed by atoms with Gasteiger partial charge in [0.1, 0.15) is 5.76 Å². The summed E-state index contributed by atoms with van der Waals surface area (Å²) in [5, 5.41) is 6.93. The minimum atomic E-state index is -3.14. The van der Waals surface area contributed by atoms with Gasteiger partial charge in [-0.2, -0.15) is 0 Å². The zero-order chi connectivity index (χ0) is 21.7. The summed E-state index contributed by atoms with van der Waals surface area (Å²) in [5.74, 6) is 0.646. The van der Waals surface area contributed by atoms with Gasteiger partial charge in [-0.25, -0.2) is 12.7 Å². The van der Waals surface area contributed by atoms with E-state index in [1.54, 1.807) is 4.31 Å². The van der Waals surface area contributed by atoms with Crippen LogP contribution in [0.4, 0.5) is 0 Å². The Morgan fingerprint density at radius 2 is 1.80 bits per heavy atom. The van der Waals surface area contributed by atoms with Gasteiger partial charge in [0, 0.05) is 57.0 Å². The van der Waals surface area contributed by atoms with E-state index in [2.05, 4.69) is 15.4 Å². The van der Waals surface area contributed by atoms with E-state index in [1.807, 2.05) is 13.8 Å². The number of nitrogens with zero attached hydrogens (tertiary/aromatic N) is 3. The number of hydrogen-bond donors (Lipinski definition) is 1. The lowest BCUT2D eigenvalue weighted by molar-refractivity contribution is -0.120. The van der Waals surface area contributed by atoms with Gasteiger partial charge in [-0.05, 0) is 39.5 Å². The predicted molar refractivity (Wildman–Crippen MR) is 113 cm³/mol. The number of rotatable bonds is 8. The molecule has 0 aromatic carbocycles. The highest BCUT2D eigenvalue weighted by Gasteiger charge is 2.32. The van der Waals surface area contributed by atoms with Crippen molar-refractivity contribution in [1.82, 2.24) is 19.7 Å². The fourth-order valence-corrected chi connectivity index (χ4v) is 5.36. The molecular formula is C20H34N4O5S.